The third-order valence-corrected chi connectivity index (χ3v) is 2.94. The summed E-state index contributed by atoms with van der Waals surface area (Å²) in [7, 11) is 0. The Labute approximate surface area is 144 Å². The van der Waals surface area contributed by atoms with Gasteiger partial charge in [0.1, 0.15) is 13.2 Å². The van der Waals surface area contributed by atoms with Crippen LogP contribution in [0.4, 0.5) is 9.59 Å². The van der Waals surface area contributed by atoms with E-state index in [9.17, 15) is 19.2 Å². The first-order valence-electron chi connectivity index (χ1n) is 7.36. The van der Waals surface area contributed by atoms with E-state index in [1.54, 1.807) is 0 Å². The third-order valence-electron chi connectivity index (χ3n) is 2.94. The lowest BCUT2D eigenvalue weighted by atomic mass is 10.3. The highest BCUT2D eigenvalue weighted by atomic mass is 16.5. The van der Waals surface area contributed by atoms with Gasteiger partial charge in [-0.25, -0.2) is 19.2 Å². The van der Waals surface area contributed by atoms with Crippen molar-refractivity contribution in [3.63, 3.8) is 0 Å². The number of ether oxygens (including phenoxy) is 2. The summed E-state index contributed by atoms with van der Waals surface area (Å²) < 4.78 is 9.40. The maximum absolute atomic E-state index is 11.1. The molecule has 0 aliphatic rings. The molecule has 10 heteroatoms. The summed E-state index contributed by atoms with van der Waals surface area (Å²) in [5.41, 5.74) is 0. The quantitative estimate of drug-likeness (QED) is 0.386. The first-order chi connectivity index (χ1) is 11.8. The lowest BCUT2D eigenvalue weighted by Gasteiger charge is -2.22. The van der Waals surface area contributed by atoms with Crippen LogP contribution in [-0.4, -0.2) is 83.5 Å². The topological polar surface area (TPSA) is 134 Å². The summed E-state index contributed by atoms with van der Waals surface area (Å²) in [6, 6.07) is 0. The molecular weight excluding hydrogens is 336 g/mol. The molecule has 2 amide bonds. The molecule has 2 N–H and O–H groups in total. The van der Waals surface area contributed by atoms with Crippen molar-refractivity contribution >= 4 is 24.1 Å². The van der Waals surface area contributed by atoms with Crippen LogP contribution in [0.3, 0.4) is 0 Å². The Morgan fingerprint density at radius 3 is 1.40 bits per heavy atom. The van der Waals surface area contributed by atoms with Crippen molar-refractivity contribution in [1.29, 1.82) is 0 Å². The molecule has 0 radical (unpaired) electrons. The van der Waals surface area contributed by atoms with Crippen LogP contribution in [0, 0.1) is 0 Å². The molecule has 0 unspecified atom stereocenters. The third kappa shape index (κ3) is 10.4. The zero-order valence-corrected chi connectivity index (χ0v) is 13.8. The SMILES string of the molecule is C=CC(=O)OCCN(CCCN(CCOC(=O)C=C)C(=O)O)C(=O)O. The molecule has 0 aliphatic carbocycles. The second kappa shape index (κ2) is 12.4. The number of carbonyl (C=O) groups excluding carboxylic acids is 2. The number of amides is 2. The standard InChI is InChI=1S/C15H22N2O8/c1-3-12(18)24-10-8-16(14(20)21)6-5-7-17(15(22)23)9-11-25-13(19)4-2/h3-4H,1-2,5-11H2,(H,20,21)(H,22,23). The van der Waals surface area contributed by atoms with E-state index < -0.39 is 24.1 Å². The summed E-state index contributed by atoms with van der Waals surface area (Å²) in [6.45, 7) is 6.20. The van der Waals surface area contributed by atoms with Gasteiger partial charge in [-0.3, -0.25) is 0 Å². The van der Waals surface area contributed by atoms with Gasteiger partial charge in [-0.2, -0.15) is 0 Å². The number of hydrogen-bond acceptors (Lipinski definition) is 6. The molecule has 140 valence electrons. The molecule has 0 saturated carbocycles. The molecule has 0 bridgehead atoms. The van der Waals surface area contributed by atoms with Crippen LogP contribution in [0.2, 0.25) is 0 Å². The zero-order valence-electron chi connectivity index (χ0n) is 13.8. The number of nitrogens with zero attached hydrogens (tertiary/aromatic N) is 2. The second-order valence-electron chi connectivity index (χ2n) is 4.64. The Bertz CT molecular complexity index is 462. The first kappa shape index (κ1) is 22.0. The van der Waals surface area contributed by atoms with Gasteiger partial charge in [-0.15, -0.1) is 0 Å². The van der Waals surface area contributed by atoms with E-state index >= 15 is 0 Å². The van der Waals surface area contributed by atoms with Crippen molar-refractivity contribution in [1.82, 2.24) is 9.80 Å². The van der Waals surface area contributed by atoms with E-state index in [2.05, 4.69) is 13.2 Å². The average Bonchev–Trinajstić information content (AvgIpc) is 2.57. The highest BCUT2D eigenvalue weighted by molar-refractivity contribution is 5.81. The molecule has 0 aromatic carbocycles. The Kier molecular flexibility index (Phi) is 10.9. The van der Waals surface area contributed by atoms with Crippen molar-refractivity contribution < 1.29 is 38.9 Å². The van der Waals surface area contributed by atoms with Crippen LogP contribution < -0.4 is 0 Å². The highest BCUT2D eigenvalue weighted by Crippen LogP contribution is 1.99. The van der Waals surface area contributed by atoms with Gasteiger partial charge in [0.25, 0.3) is 0 Å². The van der Waals surface area contributed by atoms with Crippen LogP contribution in [0.5, 0.6) is 0 Å². The molecule has 0 atom stereocenters. The first-order valence-corrected chi connectivity index (χ1v) is 7.36. The number of carbonyl (C=O) groups is 4. The maximum atomic E-state index is 11.1. The lowest BCUT2D eigenvalue weighted by molar-refractivity contribution is -0.138. The predicted molar refractivity (Wildman–Crippen MR) is 86.1 cm³/mol. The molecule has 0 aromatic rings. The molecule has 10 nitrogen and oxygen atoms in total. The molecule has 0 spiro atoms. The fourth-order valence-electron chi connectivity index (χ4n) is 1.69. The largest absolute Gasteiger partial charge is 0.465 e. The van der Waals surface area contributed by atoms with Crippen molar-refractivity contribution in [3.8, 4) is 0 Å². The summed E-state index contributed by atoms with van der Waals surface area (Å²) in [5, 5.41) is 18.1. The molecule has 0 fully saturated rings. The van der Waals surface area contributed by atoms with Gasteiger partial charge in [0.15, 0.2) is 0 Å². The van der Waals surface area contributed by atoms with Crippen LogP contribution in [-0.2, 0) is 19.1 Å². The van der Waals surface area contributed by atoms with E-state index in [0.29, 0.717) is 0 Å². The minimum atomic E-state index is -1.21. The Hall–Kier alpha value is -3.04. The van der Waals surface area contributed by atoms with Crippen LogP contribution in [0.15, 0.2) is 25.3 Å². The van der Waals surface area contributed by atoms with Gasteiger partial charge in [-0.05, 0) is 6.42 Å². The molecule has 0 saturated heterocycles. The number of esters is 2. The highest BCUT2D eigenvalue weighted by Gasteiger charge is 2.15. The monoisotopic (exact) mass is 358 g/mol. The Morgan fingerprint density at radius 1 is 0.760 bits per heavy atom. The molecule has 0 heterocycles. The van der Waals surface area contributed by atoms with E-state index in [1.807, 2.05) is 0 Å². The molecule has 0 aromatic heterocycles. The molecule has 0 rings (SSSR count). The van der Waals surface area contributed by atoms with Crippen LogP contribution in [0.25, 0.3) is 0 Å². The van der Waals surface area contributed by atoms with E-state index in [-0.39, 0.29) is 45.8 Å². The van der Waals surface area contributed by atoms with Gasteiger partial charge in [-0.1, -0.05) is 13.2 Å². The zero-order chi connectivity index (χ0) is 19.2. The summed E-state index contributed by atoms with van der Waals surface area (Å²) in [6.07, 6.45) is -0.263. The summed E-state index contributed by atoms with van der Waals surface area (Å²) in [5.74, 6) is -1.31. The van der Waals surface area contributed by atoms with Gasteiger partial charge < -0.3 is 29.5 Å². The maximum Gasteiger partial charge on any atom is 0.407 e. The van der Waals surface area contributed by atoms with Gasteiger partial charge in [0, 0.05) is 25.2 Å². The second-order valence-corrected chi connectivity index (χ2v) is 4.64. The molecule has 25 heavy (non-hydrogen) atoms. The lowest BCUT2D eigenvalue weighted by Crippen LogP contribution is -2.38. The van der Waals surface area contributed by atoms with E-state index in [4.69, 9.17) is 19.7 Å². The summed E-state index contributed by atoms with van der Waals surface area (Å²) in [4.78, 5) is 46.0. The number of hydrogen-bond donors (Lipinski definition) is 2. The minimum absolute atomic E-state index is 0.0427. The minimum Gasteiger partial charge on any atom is -0.465 e. The molecule has 0 aliphatic heterocycles. The normalized spacial score (nSPS) is 9.60. The van der Waals surface area contributed by atoms with Gasteiger partial charge in [0.05, 0.1) is 13.1 Å². The van der Waals surface area contributed by atoms with Crippen LogP contribution in [0.1, 0.15) is 6.42 Å². The Balaban J connectivity index is 4.27. The number of carboxylic acid groups (broad SMARTS) is 2. The predicted octanol–water partition coefficient (Wildman–Crippen LogP) is 0.795. The summed E-state index contributed by atoms with van der Waals surface area (Å²) >= 11 is 0. The van der Waals surface area contributed by atoms with Crippen molar-refractivity contribution in [3.05, 3.63) is 25.3 Å². The van der Waals surface area contributed by atoms with Crippen molar-refractivity contribution in [2.75, 3.05) is 39.4 Å². The smallest absolute Gasteiger partial charge is 0.407 e. The van der Waals surface area contributed by atoms with Gasteiger partial charge >= 0.3 is 24.1 Å². The fraction of sp³-hybridized carbons (Fsp3) is 0.467. The number of rotatable bonds is 12. The van der Waals surface area contributed by atoms with Crippen molar-refractivity contribution in [2.24, 2.45) is 0 Å². The van der Waals surface area contributed by atoms with E-state index in [1.165, 1.54) is 0 Å². The van der Waals surface area contributed by atoms with E-state index in [0.717, 1.165) is 22.0 Å². The van der Waals surface area contributed by atoms with Gasteiger partial charge in [0.2, 0.25) is 0 Å². The fourth-order valence-corrected chi connectivity index (χ4v) is 1.69. The average molecular weight is 358 g/mol. The van der Waals surface area contributed by atoms with Crippen LogP contribution >= 0.6 is 0 Å². The Morgan fingerprint density at radius 2 is 1.12 bits per heavy atom. The van der Waals surface area contributed by atoms with Crippen molar-refractivity contribution in [2.45, 2.75) is 6.42 Å². The molecular formula is C15H22N2O8.